The summed E-state index contributed by atoms with van der Waals surface area (Å²) in [4.78, 5) is 13.1. The maximum absolute atomic E-state index is 11.6. The van der Waals surface area contributed by atoms with Crippen LogP contribution in [0.2, 0.25) is 0 Å². The van der Waals surface area contributed by atoms with Gasteiger partial charge in [-0.05, 0) is 12.5 Å². The number of carbonyl (C=O) groups excluding carboxylic acids is 1. The summed E-state index contributed by atoms with van der Waals surface area (Å²) in [5.74, 6) is 0. The molecule has 0 radical (unpaired) electrons. The highest BCUT2D eigenvalue weighted by Gasteiger charge is 2.37. The summed E-state index contributed by atoms with van der Waals surface area (Å²) in [6, 6.07) is -0.403. The molecule has 0 saturated carbocycles. The van der Waals surface area contributed by atoms with Gasteiger partial charge in [0.25, 0.3) is 0 Å². The van der Waals surface area contributed by atoms with Gasteiger partial charge in [-0.25, -0.2) is 4.79 Å². The van der Waals surface area contributed by atoms with Gasteiger partial charge >= 0.3 is 6.03 Å². The molecule has 4 N–H and O–H groups in total. The van der Waals surface area contributed by atoms with Crippen LogP contribution < -0.4 is 11.1 Å². The van der Waals surface area contributed by atoms with Crippen LogP contribution in [0.25, 0.3) is 0 Å². The maximum atomic E-state index is 11.6. The molecule has 0 aromatic heterocycles. The number of nitrogens with one attached hydrogen (secondary N) is 1. The predicted octanol–water partition coefficient (Wildman–Crippen LogP) is -0.650. The number of rotatable bonds is 2. The smallest absolute Gasteiger partial charge is 0.323 e. The molecule has 1 saturated heterocycles. The zero-order valence-corrected chi connectivity index (χ0v) is 9.22. The maximum Gasteiger partial charge on any atom is 0.323 e. The topological polar surface area (TPSA) is 87.8 Å². The fourth-order valence-electron chi connectivity index (χ4n) is 1.96. The highest BCUT2D eigenvalue weighted by Crippen LogP contribution is 2.23. The third kappa shape index (κ3) is 2.04. The normalized spacial score (nSPS) is 34.9. The van der Waals surface area contributed by atoms with Crippen molar-refractivity contribution in [1.82, 2.24) is 10.2 Å². The highest BCUT2D eigenvalue weighted by atomic mass is 16.5. The fraction of sp³-hybridized carbons (Fsp3) is 0.700. The van der Waals surface area contributed by atoms with Gasteiger partial charge in [-0.3, -0.25) is 4.90 Å². The molecule has 2 rings (SSSR count). The molecule has 0 aromatic carbocycles. The number of ether oxygens (including phenoxy) is 1. The van der Waals surface area contributed by atoms with E-state index in [0.29, 0.717) is 13.0 Å². The molecular formula is C10H17N3O3. The van der Waals surface area contributed by atoms with Gasteiger partial charge in [0.1, 0.15) is 6.23 Å². The first kappa shape index (κ1) is 11.4. The predicted molar refractivity (Wildman–Crippen MR) is 57.3 cm³/mol. The van der Waals surface area contributed by atoms with Crippen molar-refractivity contribution >= 4 is 6.03 Å². The van der Waals surface area contributed by atoms with Crippen molar-refractivity contribution in [2.24, 2.45) is 5.73 Å². The highest BCUT2D eigenvalue weighted by molar-refractivity contribution is 5.77. The summed E-state index contributed by atoms with van der Waals surface area (Å²) in [5.41, 5.74) is 6.86. The molecule has 2 amide bonds. The monoisotopic (exact) mass is 227 g/mol. The summed E-state index contributed by atoms with van der Waals surface area (Å²) >= 11 is 0. The van der Waals surface area contributed by atoms with Crippen LogP contribution in [0.5, 0.6) is 0 Å². The molecular weight excluding hydrogens is 210 g/mol. The van der Waals surface area contributed by atoms with E-state index in [1.807, 2.05) is 6.92 Å². The third-order valence-corrected chi connectivity index (χ3v) is 2.89. The lowest BCUT2D eigenvalue weighted by Crippen LogP contribution is -2.46. The van der Waals surface area contributed by atoms with E-state index in [0.717, 1.165) is 5.57 Å². The average Bonchev–Trinajstić information content (AvgIpc) is 2.63. The molecule has 0 aromatic rings. The van der Waals surface area contributed by atoms with E-state index in [4.69, 9.17) is 15.6 Å². The second-order valence-corrected chi connectivity index (χ2v) is 4.25. The second kappa shape index (κ2) is 4.40. The lowest BCUT2D eigenvalue weighted by molar-refractivity contribution is -0.0390. The first-order valence-electron chi connectivity index (χ1n) is 5.37. The van der Waals surface area contributed by atoms with Crippen molar-refractivity contribution in [3.8, 4) is 0 Å². The Morgan fingerprint density at radius 2 is 2.50 bits per heavy atom. The molecule has 6 heteroatoms. The minimum atomic E-state index is -0.381. The number of carbonyl (C=O) groups is 1. The minimum Gasteiger partial charge on any atom is -0.394 e. The van der Waals surface area contributed by atoms with Gasteiger partial charge in [0.15, 0.2) is 0 Å². The Bertz CT molecular complexity index is 318. The van der Waals surface area contributed by atoms with Crippen LogP contribution in [0.4, 0.5) is 4.79 Å². The Hall–Kier alpha value is -1.11. The number of nitrogens with two attached hydrogens (primary N) is 1. The first-order chi connectivity index (χ1) is 7.61. The Kier molecular flexibility index (Phi) is 3.13. The number of aliphatic hydroxyl groups excluding tert-OH is 1. The molecule has 0 bridgehead atoms. The summed E-state index contributed by atoms with van der Waals surface area (Å²) in [6.07, 6.45) is 1.56. The van der Waals surface area contributed by atoms with Crippen molar-refractivity contribution in [3.63, 3.8) is 0 Å². The minimum absolute atomic E-state index is 0.115. The number of nitrogens with zero attached hydrogens (tertiary/aromatic N) is 1. The molecule has 2 heterocycles. The summed E-state index contributed by atoms with van der Waals surface area (Å²) < 4.78 is 5.53. The average molecular weight is 227 g/mol. The van der Waals surface area contributed by atoms with Crippen LogP contribution in [0.1, 0.15) is 13.3 Å². The molecule has 0 aliphatic carbocycles. The van der Waals surface area contributed by atoms with Gasteiger partial charge in [-0.1, -0.05) is 0 Å². The van der Waals surface area contributed by atoms with E-state index >= 15 is 0 Å². The molecule has 16 heavy (non-hydrogen) atoms. The van der Waals surface area contributed by atoms with E-state index < -0.39 is 0 Å². The number of hydrogen-bond donors (Lipinski definition) is 3. The van der Waals surface area contributed by atoms with Crippen molar-refractivity contribution in [3.05, 3.63) is 11.8 Å². The molecule has 2 aliphatic heterocycles. The Morgan fingerprint density at radius 3 is 3.12 bits per heavy atom. The van der Waals surface area contributed by atoms with Crippen LogP contribution >= 0.6 is 0 Å². The van der Waals surface area contributed by atoms with Crippen LogP contribution in [-0.2, 0) is 4.74 Å². The molecule has 3 unspecified atom stereocenters. The van der Waals surface area contributed by atoms with Gasteiger partial charge in [-0.2, -0.15) is 0 Å². The van der Waals surface area contributed by atoms with Gasteiger partial charge in [-0.15, -0.1) is 0 Å². The molecule has 6 nitrogen and oxygen atoms in total. The van der Waals surface area contributed by atoms with E-state index in [1.165, 1.54) is 4.90 Å². The Balaban J connectivity index is 2.08. The van der Waals surface area contributed by atoms with E-state index in [2.05, 4.69) is 5.32 Å². The van der Waals surface area contributed by atoms with Gasteiger partial charge in [0.2, 0.25) is 0 Å². The Labute approximate surface area is 94.0 Å². The number of urea groups is 1. The zero-order chi connectivity index (χ0) is 11.7. The van der Waals surface area contributed by atoms with Crippen molar-refractivity contribution in [1.29, 1.82) is 0 Å². The summed E-state index contributed by atoms with van der Waals surface area (Å²) in [7, 11) is 0. The molecule has 3 atom stereocenters. The largest absolute Gasteiger partial charge is 0.394 e. The van der Waals surface area contributed by atoms with Crippen molar-refractivity contribution in [2.75, 3.05) is 13.2 Å². The standard InChI is InChI=1S/C10H17N3O3/c1-6-3-12-10(15)13(4-6)9-2-7(11)8(5-14)16-9/h4,7-9,14H,2-3,5,11H2,1H3,(H,12,15). The lowest BCUT2D eigenvalue weighted by Gasteiger charge is -2.29. The van der Waals surface area contributed by atoms with Crippen molar-refractivity contribution < 1.29 is 14.6 Å². The molecule has 90 valence electrons. The van der Waals surface area contributed by atoms with Crippen LogP contribution in [0.15, 0.2) is 11.8 Å². The zero-order valence-electron chi connectivity index (χ0n) is 9.22. The fourth-order valence-corrected chi connectivity index (χ4v) is 1.96. The van der Waals surface area contributed by atoms with Gasteiger partial charge in [0.05, 0.1) is 12.7 Å². The summed E-state index contributed by atoms with van der Waals surface area (Å²) in [6.45, 7) is 2.39. The Morgan fingerprint density at radius 1 is 1.75 bits per heavy atom. The SMILES string of the molecule is CC1=CN(C2CC(N)C(CO)O2)C(=O)NC1. The van der Waals surface area contributed by atoms with Gasteiger partial charge < -0.3 is 20.9 Å². The number of amides is 2. The van der Waals surface area contributed by atoms with Crippen LogP contribution in [0.3, 0.4) is 0 Å². The first-order valence-corrected chi connectivity index (χ1v) is 5.37. The second-order valence-electron chi connectivity index (χ2n) is 4.25. The number of aliphatic hydroxyl groups is 1. The molecule has 0 spiro atoms. The third-order valence-electron chi connectivity index (χ3n) is 2.89. The quantitative estimate of drug-likeness (QED) is 0.585. The van der Waals surface area contributed by atoms with Crippen LogP contribution in [-0.4, -0.2) is 47.6 Å². The molecule has 1 fully saturated rings. The van der Waals surface area contributed by atoms with Gasteiger partial charge in [0, 0.05) is 25.2 Å². The molecule has 2 aliphatic rings. The lowest BCUT2D eigenvalue weighted by atomic mass is 10.1. The van der Waals surface area contributed by atoms with Crippen molar-refractivity contribution in [2.45, 2.75) is 31.7 Å². The van der Waals surface area contributed by atoms with E-state index in [9.17, 15) is 4.79 Å². The number of hydrogen-bond acceptors (Lipinski definition) is 4. The van der Waals surface area contributed by atoms with E-state index in [-0.39, 0.29) is 31.0 Å². The van der Waals surface area contributed by atoms with E-state index in [1.54, 1.807) is 6.20 Å². The van der Waals surface area contributed by atoms with Crippen LogP contribution in [0, 0.1) is 0 Å². The summed E-state index contributed by atoms with van der Waals surface area (Å²) in [5, 5.41) is 11.8.